The third-order valence-corrected chi connectivity index (χ3v) is 2.44. The first-order chi connectivity index (χ1) is 8.99. The smallest absolute Gasteiger partial charge is 0.326 e. The van der Waals surface area contributed by atoms with E-state index in [0.29, 0.717) is 11.3 Å². The van der Waals surface area contributed by atoms with Crippen molar-refractivity contribution in [2.75, 3.05) is 0 Å². The molecule has 0 saturated carbocycles. The van der Waals surface area contributed by atoms with Gasteiger partial charge in [-0.1, -0.05) is 6.08 Å². The fourth-order valence-electron chi connectivity index (χ4n) is 1.43. The molecule has 0 aliphatic carbocycles. The summed E-state index contributed by atoms with van der Waals surface area (Å²) in [6.07, 6.45) is 1.53. The number of carbonyl (C=O) groups excluding carboxylic acids is 1. The van der Waals surface area contributed by atoms with Crippen LogP contribution >= 0.6 is 0 Å². The third-order valence-electron chi connectivity index (χ3n) is 2.44. The molecule has 19 heavy (non-hydrogen) atoms. The second-order valence-corrected chi connectivity index (χ2v) is 3.83. The number of aromatic nitrogens is 1. The first kappa shape index (κ1) is 14.4. The van der Waals surface area contributed by atoms with Crippen molar-refractivity contribution in [2.45, 2.75) is 19.4 Å². The van der Waals surface area contributed by atoms with E-state index in [1.165, 1.54) is 18.2 Å². The van der Waals surface area contributed by atoms with Gasteiger partial charge in [-0.05, 0) is 25.5 Å². The van der Waals surface area contributed by atoms with Crippen LogP contribution in [0.2, 0.25) is 0 Å². The zero-order valence-electron chi connectivity index (χ0n) is 10.4. The standard InChI is InChI=1S/C13H13N3O3/c1-3-4-11(13(18)19)16-12(17)10-6-5-9(7-14)8(2)15-10/h3,5-6,11H,1,4H2,2H3,(H,16,17)(H,18,19). The number of carboxylic acid groups (broad SMARTS) is 1. The number of amides is 1. The highest BCUT2D eigenvalue weighted by atomic mass is 16.4. The summed E-state index contributed by atoms with van der Waals surface area (Å²) in [5.41, 5.74) is 0.870. The average Bonchev–Trinajstić information content (AvgIpc) is 2.37. The molecule has 2 N–H and O–H groups in total. The molecule has 0 saturated heterocycles. The molecule has 1 atom stereocenters. The highest BCUT2D eigenvalue weighted by molar-refractivity contribution is 5.95. The summed E-state index contributed by atoms with van der Waals surface area (Å²) in [5.74, 6) is -1.74. The van der Waals surface area contributed by atoms with Gasteiger partial charge in [-0.3, -0.25) is 4.79 Å². The van der Waals surface area contributed by atoms with Crippen LogP contribution < -0.4 is 5.32 Å². The topological polar surface area (TPSA) is 103 Å². The number of carbonyl (C=O) groups is 2. The molecule has 6 nitrogen and oxygen atoms in total. The molecule has 98 valence electrons. The molecule has 0 aliphatic rings. The fraction of sp³-hybridized carbons (Fsp3) is 0.231. The van der Waals surface area contributed by atoms with E-state index < -0.39 is 17.9 Å². The number of hydrogen-bond acceptors (Lipinski definition) is 4. The van der Waals surface area contributed by atoms with Gasteiger partial charge in [-0.15, -0.1) is 6.58 Å². The summed E-state index contributed by atoms with van der Waals surface area (Å²) in [7, 11) is 0. The van der Waals surface area contributed by atoms with E-state index in [4.69, 9.17) is 10.4 Å². The van der Waals surface area contributed by atoms with Crippen LogP contribution in [0.15, 0.2) is 24.8 Å². The lowest BCUT2D eigenvalue weighted by Gasteiger charge is -2.12. The van der Waals surface area contributed by atoms with E-state index in [-0.39, 0.29) is 12.1 Å². The number of nitrogens with zero attached hydrogens (tertiary/aromatic N) is 2. The van der Waals surface area contributed by atoms with Crippen LogP contribution in [0.5, 0.6) is 0 Å². The Bertz CT molecular complexity index is 561. The Kier molecular flexibility index (Phi) is 4.77. The number of aliphatic carboxylic acids is 1. The maximum atomic E-state index is 11.8. The van der Waals surface area contributed by atoms with Gasteiger partial charge in [0.15, 0.2) is 0 Å². The molecule has 1 heterocycles. The molecule has 6 heteroatoms. The molecule has 1 aromatic heterocycles. The van der Waals surface area contributed by atoms with E-state index in [1.54, 1.807) is 6.92 Å². The van der Waals surface area contributed by atoms with Gasteiger partial charge in [0.05, 0.1) is 11.3 Å². The molecule has 0 fully saturated rings. The Hall–Kier alpha value is -2.68. The van der Waals surface area contributed by atoms with Crippen molar-refractivity contribution in [1.29, 1.82) is 5.26 Å². The number of rotatable bonds is 5. The van der Waals surface area contributed by atoms with Crippen LogP contribution in [0.4, 0.5) is 0 Å². The van der Waals surface area contributed by atoms with Crippen LogP contribution in [0.25, 0.3) is 0 Å². The lowest BCUT2D eigenvalue weighted by atomic mass is 10.1. The Morgan fingerprint density at radius 2 is 2.32 bits per heavy atom. The lowest BCUT2D eigenvalue weighted by molar-refractivity contribution is -0.139. The molecule has 0 bridgehead atoms. The maximum Gasteiger partial charge on any atom is 0.326 e. The Morgan fingerprint density at radius 3 is 2.79 bits per heavy atom. The molecule has 0 aliphatic heterocycles. The SMILES string of the molecule is C=CCC(NC(=O)c1ccc(C#N)c(C)n1)C(=O)O. The van der Waals surface area contributed by atoms with Gasteiger partial charge in [0.1, 0.15) is 17.8 Å². The third kappa shape index (κ3) is 3.64. The minimum absolute atomic E-state index is 0.0758. The van der Waals surface area contributed by atoms with Gasteiger partial charge in [-0.25, -0.2) is 9.78 Å². The van der Waals surface area contributed by atoms with Crippen LogP contribution in [0.1, 0.15) is 28.2 Å². The van der Waals surface area contributed by atoms with Crippen molar-refractivity contribution >= 4 is 11.9 Å². The summed E-state index contributed by atoms with van der Waals surface area (Å²) in [4.78, 5) is 26.7. The largest absolute Gasteiger partial charge is 0.480 e. The second-order valence-electron chi connectivity index (χ2n) is 3.83. The number of nitrogens with one attached hydrogen (secondary N) is 1. The average molecular weight is 259 g/mol. The van der Waals surface area contributed by atoms with E-state index in [2.05, 4.69) is 16.9 Å². The molecule has 1 aromatic rings. The Labute approximate surface area is 110 Å². The first-order valence-electron chi connectivity index (χ1n) is 5.52. The quantitative estimate of drug-likeness (QED) is 0.768. The second kappa shape index (κ2) is 6.31. The molecule has 0 spiro atoms. The van der Waals surface area contributed by atoms with Crippen molar-refractivity contribution in [2.24, 2.45) is 0 Å². The maximum absolute atomic E-state index is 11.8. The van der Waals surface area contributed by atoms with Crippen LogP contribution in [0.3, 0.4) is 0 Å². The first-order valence-corrected chi connectivity index (χ1v) is 5.52. The predicted molar refractivity (Wildman–Crippen MR) is 67.4 cm³/mol. The summed E-state index contributed by atoms with van der Waals surface area (Å²) in [5, 5.41) is 20.0. The molecular formula is C13H13N3O3. The molecule has 0 aromatic carbocycles. The highest BCUT2D eigenvalue weighted by Gasteiger charge is 2.20. The van der Waals surface area contributed by atoms with E-state index in [9.17, 15) is 9.59 Å². The van der Waals surface area contributed by atoms with Crippen molar-refractivity contribution < 1.29 is 14.7 Å². The normalized spacial score (nSPS) is 11.2. The van der Waals surface area contributed by atoms with E-state index in [0.717, 1.165) is 0 Å². The summed E-state index contributed by atoms with van der Waals surface area (Å²) < 4.78 is 0. The predicted octanol–water partition coefficient (Wildman–Crippen LogP) is 1.02. The highest BCUT2D eigenvalue weighted by Crippen LogP contribution is 2.06. The van der Waals surface area contributed by atoms with Crippen LogP contribution in [-0.2, 0) is 4.79 Å². The monoisotopic (exact) mass is 259 g/mol. The minimum atomic E-state index is -1.14. The Morgan fingerprint density at radius 1 is 1.63 bits per heavy atom. The minimum Gasteiger partial charge on any atom is -0.480 e. The van der Waals surface area contributed by atoms with Crippen molar-refractivity contribution in [1.82, 2.24) is 10.3 Å². The summed E-state index contributed by atoms with van der Waals surface area (Å²) in [6.45, 7) is 5.04. The van der Waals surface area contributed by atoms with E-state index in [1.807, 2.05) is 6.07 Å². The fourth-order valence-corrected chi connectivity index (χ4v) is 1.43. The number of aryl methyl sites for hydroxylation is 1. The van der Waals surface area contributed by atoms with Gasteiger partial charge >= 0.3 is 5.97 Å². The van der Waals surface area contributed by atoms with Crippen LogP contribution in [-0.4, -0.2) is 28.0 Å². The Balaban J connectivity index is 2.89. The van der Waals surface area contributed by atoms with Crippen molar-refractivity contribution in [3.8, 4) is 6.07 Å². The van der Waals surface area contributed by atoms with Gasteiger partial charge < -0.3 is 10.4 Å². The van der Waals surface area contributed by atoms with E-state index >= 15 is 0 Å². The number of hydrogen-bond donors (Lipinski definition) is 2. The van der Waals surface area contributed by atoms with Crippen molar-refractivity contribution in [3.05, 3.63) is 41.7 Å². The number of pyridine rings is 1. The van der Waals surface area contributed by atoms with Gasteiger partial charge in [0.25, 0.3) is 5.91 Å². The van der Waals surface area contributed by atoms with Crippen molar-refractivity contribution in [3.63, 3.8) is 0 Å². The van der Waals surface area contributed by atoms with Gasteiger partial charge in [-0.2, -0.15) is 5.26 Å². The molecule has 1 amide bonds. The molecule has 1 rings (SSSR count). The lowest BCUT2D eigenvalue weighted by Crippen LogP contribution is -2.40. The number of nitriles is 1. The summed E-state index contributed by atoms with van der Waals surface area (Å²) in [6, 6.07) is 3.76. The number of carboxylic acids is 1. The zero-order valence-corrected chi connectivity index (χ0v) is 10.4. The molecular weight excluding hydrogens is 246 g/mol. The van der Waals surface area contributed by atoms with Gasteiger partial charge in [0.2, 0.25) is 0 Å². The zero-order chi connectivity index (χ0) is 14.4. The molecule has 1 unspecified atom stereocenters. The van der Waals surface area contributed by atoms with Crippen LogP contribution in [0, 0.1) is 18.3 Å². The van der Waals surface area contributed by atoms with Gasteiger partial charge in [0, 0.05) is 0 Å². The summed E-state index contributed by atoms with van der Waals surface area (Å²) >= 11 is 0. The molecule has 0 radical (unpaired) electrons.